The average molecular weight is 316 g/mol. The van der Waals surface area contributed by atoms with Crippen LogP contribution in [0.1, 0.15) is 45.1 Å². The summed E-state index contributed by atoms with van der Waals surface area (Å²) < 4.78 is 10.6. The standard InChI is InChI=1S/C19H24O4/c1-3-22-17-7-5-6-15(14-17)19(11-8-16(20)9-12-19)13-10-18(21)23-4-2/h5-7,10,13-14H,3-4,8-9,11-12H2,1-2H3. The van der Waals surface area contributed by atoms with Gasteiger partial charge in [-0.15, -0.1) is 0 Å². The smallest absolute Gasteiger partial charge is 0.330 e. The van der Waals surface area contributed by atoms with Crippen LogP contribution in [0.15, 0.2) is 36.4 Å². The maximum absolute atomic E-state index is 11.7. The molecule has 0 radical (unpaired) electrons. The summed E-state index contributed by atoms with van der Waals surface area (Å²) in [6.07, 6.45) is 5.88. The van der Waals surface area contributed by atoms with Crippen molar-refractivity contribution in [1.82, 2.24) is 0 Å². The summed E-state index contributed by atoms with van der Waals surface area (Å²) in [5.41, 5.74) is 0.768. The molecule has 0 heterocycles. The Labute approximate surface area is 137 Å². The second-order valence-electron chi connectivity index (χ2n) is 5.74. The molecule has 0 amide bonds. The highest BCUT2D eigenvalue weighted by Crippen LogP contribution is 2.40. The van der Waals surface area contributed by atoms with E-state index in [2.05, 4.69) is 0 Å². The van der Waals surface area contributed by atoms with Crippen molar-refractivity contribution in [3.05, 3.63) is 42.0 Å². The van der Waals surface area contributed by atoms with Crippen LogP contribution in [0.5, 0.6) is 5.75 Å². The minimum Gasteiger partial charge on any atom is -0.494 e. The first-order valence-electron chi connectivity index (χ1n) is 8.20. The van der Waals surface area contributed by atoms with Gasteiger partial charge in [0.25, 0.3) is 0 Å². The van der Waals surface area contributed by atoms with Gasteiger partial charge in [-0.25, -0.2) is 4.79 Å². The summed E-state index contributed by atoms with van der Waals surface area (Å²) in [5.74, 6) is 0.752. The van der Waals surface area contributed by atoms with E-state index in [1.54, 1.807) is 6.92 Å². The van der Waals surface area contributed by atoms with Crippen LogP contribution in [-0.4, -0.2) is 25.0 Å². The highest BCUT2D eigenvalue weighted by atomic mass is 16.5. The number of esters is 1. The molecule has 1 aliphatic carbocycles. The van der Waals surface area contributed by atoms with Crippen LogP contribution in [0.3, 0.4) is 0 Å². The Balaban J connectivity index is 2.31. The highest BCUT2D eigenvalue weighted by Gasteiger charge is 2.34. The molecule has 0 bridgehead atoms. The second-order valence-corrected chi connectivity index (χ2v) is 5.74. The summed E-state index contributed by atoms with van der Waals surface area (Å²) in [7, 11) is 0. The second kappa shape index (κ2) is 7.95. The number of allylic oxidation sites excluding steroid dienone is 1. The van der Waals surface area contributed by atoms with Gasteiger partial charge in [0.05, 0.1) is 13.2 Å². The van der Waals surface area contributed by atoms with E-state index in [0.29, 0.717) is 38.9 Å². The Hall–Kier alpha value is -2.10. The van der Waals surface area contributed by atoms with Crippen molar-refractivity contribution in [1.29, 1.82) is 0 Å². The van der Waals surface area contributed by atoms with Crippen molar-refractivity contribution in [2.45, 2.75) is 44.9 Å². The van der Waals surface area contributed by atoms with Gasteiger partial charge >= 0.3 is 5.97 Å². The quantitative estimate of drug-likeness (QED) is 0.594. The monoisotopic (exact) mass is 316 g/mol. The first-order chi connectivity index (χ1) is 11.1. The maximum Gasteiger partial charge on any atom is 0.330 e. The Kier molecular flexibility index (Phi) is 5.97. The highest BCUT2D eigenvalue weighted by molar-refractivity contribution is 5.83. The van der Waals surface area contributed by atoms with E-state index in [4.69, 9.17) is 9.47 Å². The molecule has 4 heteroatoms. The summed E-state index contributed by atoms with van der Waals surface area (Å²) in [4.78, 5) is 23.3. The third kappa shape index (κ3) is 4.44. The first-order valence-corrected chi connectivity index (χ1v) is 8.20. The number of carbonyl (C=O) groups excluding carboxylic acids is 2. The molecule has 1 aliphatic rings. The van der Waals surface area contributed by atoms with Crippen molar-refractivity contribution in [3.63, 3.8) is 0 Å². The van der Waals surface area contributed by atoms with Gasteiger partial charge in [0.2, 0.25) is 0 Å². The van der Waals surface area contributed by atoms with Crippen molar-refractivity contribution in [3.8, 4) is 5.75 Å². The first kappa shape index (κ1) is 17.3. The Bertz CT molecular complexity index is 579. The Morgan fingerprint density at radius 1 is 1.22 bits per heavy atom. The molecule has 0 spiro atoms. The summed E-state index contributed by atoms with van der Waals surface area (Å²) >= 11 is 0. The lowest BCUT2D eigenvalue weighted by Gasteiger charge is -2.34. The van der Waals surface area contributed by atoms with Gasteiger partial charge in [-0.2, -0.15) is 0 Å². The molecule has 1 aromatic rings. The Morgan fingerprint density at radius 3 is 2.61 bits per heavy atom. The third-order valence-corrected chi connectivity index (χ3v) is 4.24. The van der Waals surface area contributed by atoms with Gasteiger partial charge in [0, 0.05) is 24.3 Å². The maximum atomic E-state index is 11.7. The van der Waals surface area contributed by atoms with E-state index in [1.807, 2.05) is 37.3 Å². The zero-order chi connectivity index (χ0) is 16.7. The molecule has 0 atom stereocenters. The van der Waals surface area contributed by atoms with Gasteiger partial charge in [-0.05, 0) is 44.4 Å². The minimum absolute atomic E-state index is 0.283. The van der Waals surface area contributed by atoms with Crippen molar-refractivity contribution in [2.24, 2.45) is 0 Å². The van der Waals surface area contributed by atoms with Crippen LogP contribution in [0.25, 0.3) is 0 Å². The molecule has 1 fully saturated rings. The van der Waals surface area contributed by atoms with Crippen molar-refractivity contribution in [2.75, 3.05) is 13.2 Å². The number of benzene rings is 1. The van der Waals surface area contributed by atoms with Crippen LogP contribution in [0.2, 0.25) is 0 Å². The molecule has 2 rings (SSSR count). The molecule has 124 valence electrons. The molecule has 0 aromatic heterocycles. The summed E-state index contributed by atoms with van der Waals surface area (Å²) in [5, 5.41) is 0. The number of hydrogen-bond acceptors (Lipinski definition) is 4. The lowest BCUT2D eigenvalue weighted by Crippen LogP contribution is -2.30. The molecule has 0 saturated heterocycles. The van der Waals surface area contributed by atoms with Gasteiger partial charge in [-0.3, -0.25) is 4.79 Å². The van der Waals surface area contributed by atoms with E-state index in [9.17, 15) is 9.59 Å². The Morgan fingerprint density at radius 2 is 1.96 bits per heavy atom. The van der Waals surface area contributed by atoms with Gasteiger partial charge in [-0.1, -0.05) is 18.2 Å². The summed E-state index contributed by atoms with van der Waals surface area (Å²) in [6, 6.07) is 7.92. The topological polar surface area (TPSA) is 52.6 Å². The normalized spacial score (nSPS) is 17.2. The van der Waals surface area contributed by atoms with Crippen LogP contribution < -0.4 is 4.74 Å². The van der Waals surface area contributed by atoms with E-state index in [-0.39, 0.29) is 17.2 Å². The van der Waals surface area contributed by atoms with Crippen LogP contribution in [0.4, 0.5) is 0 Å². The molecule has 1 saturated carbocycles. The number of Topliss-reactive ketones (excluding diaryl/α,β-unsaturated/α-hetero) is 1. The molecule has 0 unspecified atom stereocenters. The van der Waals surface area contributed by atoms with E-state index in [0.717, 1.165) is 11.3 Å². The van der Waals surface area contributed by atoms with E-state index < -0.39 is 0 Å². The number of rotatable bonds is 6. The number of carbonyl (C=O) groups is 2. The number of ether oxygens (including phenoxy) is 2. The third-order valence-electron chi connectivity index (χ3n) is 4.24. The average Bonchev–Trinajstić information content (AvgIpc) is 2.56. The zero-order valence-corrected chi connectivity index (χ0v) is 13.8. The minimum atomic E-state index is -0.343. The molecular weight excluding hydrogens is 292 g/mol. The van der Waals surface area contributed by atoms with E-state index in [1.165, 1.54) is 6.08 Å². The molecule has 0 aliphatic heterocycles. The number of ketones is 1. The zero-order valence-electron chi connectivity index (χ0n) is 13.8. The molecule has 4 nitrogen and oxygen atoms in total. The summed E-state index contributed by atoms with van der Waals surface area (Å²) in [6.45, 7) is 4.69. The molecule has 0 N–H and O–H groups in total. The van der Waals surface area contributed by atoms with Crippen LogP contribution in [-0.2, 0) is 19.7 Å². The fourth-order valence-corrected chi connectivity index (χ4v) is 3.01. The predicted molar refractivity (Wildman–Crippen MR) is 88.5 cm³/mol. The fourth-order valence-electron chi connectivity index (χ4n) is 3.01. The van der Waals surface area contributed by atoms with Crippen molar-refractivity contribution >= 4 is 11.8 Å². The molecule has 23 heavy (non-hydrogen) atoms. The van der Waals surface area contributed by atoms with Crippen LogP contribution >= 0.6 is 0 Å². The van der Waals surface area contributed by atoms with Gasteiger partial charge < -0.3 is 9.47 Å². The fraction of sp³-hybridized carbons (Fsp3) is 0.474. The van der Waals surface area contributed by atoms with Gasteiger partial charge in [0.15, 0.2) is 0 Å². The predicted octanol–water partition coefficient (Wildman–Crippen LogP) is 3.59. The molecule has 1 aromatic carbocycles. The lowest BCUT2D eigenvalue weighted by atomic mass is 9.69. The largest absolute Gasteiger partial charge is 0.494 e. The molecular formula is C19H24O4. The van der Waals surface area contributed by atoms with Gasteiger partial charge in [0.1, 0.15) is 11.5 Å². The van der Waals surface area contributed by atoms with E-state index >= 15 is 0 Å². The SMILES string of the molecule is CCOC(=O)C=CC1(c2cccc(OCC)c2)CCC(=O)CC1. The van der Waals surface area contributed by atoms with Crippen LogP contribution in [0, 0.1) is 0 Å². The lowest BCUT2D eigenvalue weighted by molar-refractivity contribution is -0.137. The van der Waals surface area contributed by atoms with Crippen molar-refractivity contribution < 1.29 is 19.1 Å². The number of hydrogen-bond donors (Lipinski definition) is 0.